The summed E-state index contributed by atoms with van der Waals surface area (Å²) in [5.74, 6) is -0.149. The van der Waals surface area contributed by atoms with Gasteiger partial charge in [-0.25, -0.2) is 0 Å². The van der Waals surface area contributed by atoms with Gasteiger partial charge in [-0.2, -0.15) is 5.10 Å². The topological polar surface area (TPSA) is 44.1 Å². The Morgan fingerprint density at radius 3 is 2.90 bits per heavy atom. The molecule has 1 aromatic carbocycles. The summed E-state index contributed by atoms with van der Waals surface area (Å²) in [5, 5.41) is 4.46. The molecule has 0 saturated carbocycles. The van der Waals surface area contributed by atoms with Crippen molar-refractivity contribution < 1.29 is 9.53 Å². The summed E-state index contributed by atoms with van der Waals surface area (Å²) in [6, 6.07) is 5.47. The van der Waals surface area contributed by atoms with Crippen molar-refractivity contribution in [2.24, 2.45) is 0 Å². The van der Waals surface area contributed by atoms with E-state index in [1.165, 1.54) is 6.20 Å². The van der Waals surface area contributed by atoms with E-state index in [9.17, 15) is 4.79 Å². The number of ether oxygens (including phenoxy) is 1. The highest BCUT2D eigenvalue weighted by atomic mass is 79.9. The second-order valence-electron chi connectivity index (χ2n) is 4.35. The molecule has 0 bridgehead atoms. The molecule has 0 N–H and O–H groups in total. The summed E-state index contributed by atoms with van der Waals surface area (Å²) in [4.78, 5) is 12.6. The molecule has 6 heteroatoms. The van der Waals surface area contributed by atoms with E-state index >= 15 is 0 Å². The monoisotopic (exact) mass is 356 g/mol. The average Bonchev–Trinajstić information content (AvgIpc) is 2.80. The van der Waals surface area contributed by atoms with Gasteiger partial charge in [0, 0.05) is 17.1 Å². The summed E-state index contributed by atoms with van der Waals surface area (Å²) in [6.45, 7) is 2.92. The van der Waals surface area contributed by atoms with E-state index in [1.54, 1.807) is 23.9 Å². The van der Waals surface area contributed by atoms with Crippen LogP contribution in [0.25, 0.3) is 0 Å². The third-order valence-electron chi connectivity index (χ3n) is 2.95. The molecule has 4 nitrogen and oxygen atoms in total. The minimum atomic E-state index is -0.149. The minimum Gasteiger partial charge on any atom is -0.383 e. The fourth-order valence-electron chi connectivity index (χ4n) is 1.81. The number of carbonyl (C=O) groups excluding carboxylic acids is 1. The minimum absolute atomic E-state index is 0.149. The highest BCUT2D eigenvalue weighted by molar-refractivity contribution is 9.10. The van der Waals surface area contributed by atoms with Crippen LogP contribution in [0.3, 0.4) is 0 Å². The molecule has 0 aliphatic heterocycles. The molecule has 2 aromatic rings. The lowest BCUT2D eigenvalue weighted by Gasteiger charge is -2.08. The van der Waals surface area contributed by atoms with Crippen LogP contribution in [0.1, 0.15) is 21.6 Å². The maximum absolute atomic E-state index is 12.6. The van der Waals surface area contributed by atoms with Gasteiger partial charge in [0.2, 0.25) is 5.78 Å². The maximum Gasteiger partial charge on any atom is 0.212 e. The smallest absolute Gasteiger partial charge is 0.212 e. The number of rotatable bonds is 5. The van der Waals surface area contributed by atoms with Crippen molar-refractivity contribution >= 4 is 33.3 Å². The van der Waals surface area contributed by atoms with E-state index in [4.69, 9.17) is 16.3 Å². The second kappa shape index (κ2) is 6.52. The molecule has 0 spiro atoms. The van der Waals surface area contributed by atoms with Crippen molar-refractivity contribution in [3.05, 3.63) is 50.7 Å². The predicted molar refractivity (Wildman–Crippen MR) is 81.4 cm³/mol. The van der Waals surface area contributed by atoms with Gasteiger partial charge in [0.05, 0.1) is 24.4 Å². The van der Waals surface area contributed by atoms with Crippen LogP contribution in [0.5, 0.6) is 0 Å². The number of methoxy groups -OCH3 is 1. The van der Waals surface area contributed by atoms with Crippen LogP contribution >= 0.6 is 27.5 Å². The number of hydrogen-bond acceptors (Lipinski definition) is 3. The molecule has 0 atom stereocenters. The Labute approximate surface area is 130 Å². The van der Waals surface area contributed by atoms with E-state index in [2.05, 4.69) is 21.0 Å². The summed E-state index contributed by atoms with van der Waals surface area (Å²) in [5.41, 5.74) is 2.03. The van der Waals surface area contributed by atoms with Crippen molar-refractivity contribution in [2.75, 3.05) is 13.7 Å². The van der Waals surface area contributed by atoms with Crippen LogP contribution < -0.4 is 0 Å². The quantitative estimate of drug-likeness (QED) is 0.770. The lowest BCUT2D eigenvalue weighted by molar-refractivity contribution is 0.102. The number of carbonyl (C=O) groups is 1. The van der Waals surface area contributed by atoms with Gasteiger partial charge in [-0.1, -0.05) is 39.7 Å². The van der Waals surface area contributed by atoms with Crippen LogP contribution in [-0.2, 0) is 11.3 Å². The largest absolute Gasteiger partial charge is 0.383 e. The van der Waals surface area contributed by atoms with Crippen LogP contribution in [0.2, 0.25) is 5.02 Å². The Hall–Kier alpha value is -1.17. The molecule has 1 aromatic heterocycles. The Balaban J connectivity index is 2.37. The normalized spacial score (nSPS) is 10.8. The SMILES string of the molecule is COCCn1ncc(Cl)c1C(=O)c1ccc(C)c(Br)c1. The van der Waals surface area contributed by atoms with Gasteiger partial charge in [-0.3, -0.25) is 9.48 Å². The highest BCUT2D eigenvalue weighted by Gasteiger charge is 2.19. The number of hydrogen-bond donors (Lipinski definition) is 0. The standard InChI is InChI=1S/C14H14BrClN2O2/c1-9-3-4-10(7-11(9)15)14(19)13-12(16)8-17-18(13)5-6-20-2/h3-4,7-8H,5-6H2,1-2H3. The zero-order valence-corrected chi connectivity index (χ0v) is 13.5. The van der Waals surface area contributed by atoms with Crippen LogP contribution in [0.15, 0.2) is 28.9 Å². The van der Waals surface area contributed by atoms with Gasteiger partial charge in [0.15, 0.2) is 0 Å². The molecular weight excluding hydrogens is 344 g/mol. The van der Waals surface area contributed by atoms with E-state index in [0.717, 1.165) is 10.0 Å². The molecule has 2 rings (SSSR count). The number of aryl methyl sites for hydroxylation is 1. The fourth-order valence-corrected chi connectivity index (χ4v) is 2.41. The van der Waals surface area contributed by atoms with Gasteiger partial charge in [-0.05, 0) is 18.6 Å². The van der Waals surface area contributed by atoms with E-state index in [1.807, 2.05) is 13.0 Å². The molecule has 0 fully saturated rings. The Morgan fingerprint density at radius 1 is 1.50 bits per heavy atom. The van der Waals surface area contributed by atoms with Gasteiger partial charge >= 0.3 is 0 Å². The van der Waals surface area contributed by atoms with Crippen molar-refractivity contribution in [1.29, 1.82) is 0 Å². The molecule has 0 unspecified atom stereocenters. The Bertz CT molecular complexity index is 640. The first-order chi connectivity index (χ1) is 9.54. The van der Waals surface area contributed by atoms with E-state index < -0.39 is 0 Å². The third-order valence-corrected chi connectivity index (χ3v) is 4.08. The third kappa shape index (κ3) is 3.11. The summed E-state index contributed by atoms with van der Waals surface area (Å²) in [6.07, 6.45) is 1.48. The van der Waals surface area contributed by atoms with Gasteiger partial charge < -0.3 is 4.74 Å². The number of halogens is 2. The lowest BCUT2D eigenvalue weighted by atomic mass is 10.1. The summed E-state index contributed by atoms with van der Waals surface area (Å²) >= 11 is 9.51. The molecule has 0 saturated heterocycles. The summed E-state index contributed by atoms with van der Waals surface area (Å²) < 4.78 is 7.47. The molecule has 106 valence electrons. The van der Waals surface area contributed by atoms with Gasteiger partial charge in [-0.15, -0.1) is 0 Å². The zero-order valence-electron chi connectivity index (χ0n) is 11.2. The van der Waals surface area contributed by atoms with Crippen molar-refractivity contribution in [2.45, 2.75) is 13.5 Å². The number of benzene rings is 1. The van der Waals surface area contributed by atoms with Crippen molar-refractivity contribution in [3.8, 4) is 0 Å². The Kier molecular flexibility index (Phi) is 4.96. The maximum atomic E-state index is 12.6. The first-order valence-corrected chi connectivity index (χ1v) is 7.22. The highest BCUT2D eigenvalue weighted by Crippen LogP contribution is 2.23. The molecule has 0 aliphatic rings. The van der Waals surface area contributed by atoms with Crippen LogP contribution in [0.4, 0.5) is 0 Å². The van der Waals surface area contributed by atoms with Crippen LogP contribution in [-0.4, -0.2) is 29.3 Å². The molecule has 0 amide bonds. The Morgan fingerprint density at radius 2 is 2.25 bits per heavy atom. The van der Waals surface area contributed by atoms with Crippen molar-refractivity contribution in [3.63, 3.8) is 0 Å². The molecular formula is C14H14BrClN2O2. The zero-order chi connectivity index (χ0) is 14.7. The van der Waals surface area contributed by atoms with E-state index in [-0.39, 0.29) is 5.78 Å². The summed E-state index contributed by atoms with van der Waals surface area (Å²) in [7, 11) is 1.60. The molecule has 1 heterocycles. The fraction of sp³-hybridized carbons (Fsp3) is 0.286. The number of nitrogens with zero attached hydrogens (tertiary/aromatic N) is 2. The second-order valence-corrected chi connectivity index (χ2v) is 5.61. The number of aromatic nitrogens is 2. The van der Waals surface area contributed by atoms with Gasteiger partial charge in [0.25, 0.3) is 0 Å². The number of ketones is 1. The van der Waals surface area contributed by atoms with Crippen LogP contribution in [0, 0.1) is 6.92 Å². The molecule has 0 aliphatic carbocycles. The lowest BCUT2D eigenvalue weighted by Crippen LogP contribution is -2.14. The van der Waals surface area contributed by atoms with Crippen molar-refractivity contribution in [1.82, 2.24) is 9.78 Å². The van der Waals surface area contributed by atoms with Gasteiger partial charge in [0.1, 0.15) is 5.69 Å². The average molecular weight is 358 g/mol. The molecule has 0 radical (unpaired) electrons. The predicted octanol–water partition coefficient (Wildman–Crippen LogP) is 3.48. The first-order valence-electron chi connectivity index (χ1n) is 6.05. The van der Waals surface area contributed by atoms with E-state index in [0.29, 0.717) is 29.4 Å². The molecule has 20 heavy (non-hydrogen) atoms. The first kappa shape index (κ1) is 15.2.